The van der Waals surface area contributed by atoms with Crippen LogP contribution >= 0.6 is 11.6 Å². The maximum absolute atomic E-state index is 14.5. The number of ether oxygens (including phenoxy) is 2. The molecule has 2 N–H and O–H groups in total. The third kappa shape index (κ3) is 6.77. The molecular weight excluding hydrogens is 678 g/mol. The van der Waals surface area contributed by atoms with Crippen molar-refractivity contribution in [1.29, 1.82) is 0 Å². The first-order valence-electron chi connectivity index (χ1n) is 17.3. The average molecular weight is 722 g/mol. The van der Waals surface area contributed by atoms with Gasteiger partial charge in [-0.3, -0.25) is 19.0 Å². The number of allylic oxidation sites excluding steroid dienone is 1. The number of fused-ring (bicyclic) bond motifs is 4. The Labute approximate surface area is 298 Å². The number of anilines is 1. The maximum atomic E-state index is 14.5. The number of aryl methyl sites for hydroxylation is 2. The molecule has 0 radical (unpaired) electrons. The zero-order valence-electron chi connectivity index (χ0n) is 28.6. The van der Waals surface area contributed by atoms with Crippen molar-refractivity contribution in [1.82, 2.24) is 14.5 Å². The highest BCUT2D eigenvalue weighted by molar-refractivity contribution is 7.92. The van der Waals surface area contributed by atoms with Crippen molar-refractivity contribution >= 4 is 39.0 Å². The van der Waals surface area contributed by atoms with Crippen molar-refractivity contribution in [2.45, 2.75) is 57.0 Å². The fourth-order valence-corrected chi connectivity index (χ4v) is 10.2. The third-order valence-electron chi connectivity index (χ3n) is 10.8. The fraction of sp³-hybridized carbons (Fsp3) is 0.486. The number of nitrogens with zero attached hydrogens (tertiary/aromatic N) is 4. The Morgan fingerprint density at radius 1 is 1.22 bits per heavy atom. The molecule has 3 heterocycles. The predicted octanol–water partition coefficient (Wildman–Crippen LogP) is 5.49. The van der Waals surface area contributed by atoms with Gasteiger partial charge in [0.25, 0.3) is 11.8 Å². The molecule has 0 saturated heterocycles. The Balaban J connectivity index is 1.30. The van der Waals surface area contributed by atoms with Crippen molar-refractivity contribution in [3.8, 4) is 11.6 Å². The van der Waals surface area contributed by atoms with Crippen molar-refractivity contribution in [2.24, 2.45) is 29.2 Å². The highest BCUT2D eigenvalue weighted by Crippen LogP contribution is 2.47. The number of halogens is 1. The Morgan fingerprint density at radius 3 is 2.84 bits per heavy atom. The highest BCUT2D eigenvalue weighted by Gasteiger charge is 2.44. The SMILES string of the molecule is COc1nn(C)cc1C(=O)N[S@@]1(=O)=NC(=O)c2ccc3c(c2)N(C[C@@H]2CC[C@H]2[C@H](O)/C=C/C[C@H](C)C1)C[C@@]1(CCCc2cc(Cl)ccc21)CO3. The lowest BCUT2D eigenvalue weighted by Crippen LogP contribution is -2.49. The number of rotatable bonds is 3. The van der Waals surface area contributed by atoms with Gasteiger partial charge in [-0.15, -0.1) is 9.46 Å². The first kappa shape index (κ1) is 34.6. The molecule has 7 rings (SSSR count). The average Bonchev–Trinajstić information content (AvgIpc) is 3.37. The highest BCUT2D eigenvalue weighted by atomic mass is 35.5. The summed E-state index contributed by atoms with van der Waals surface area (Å²) in [5.74, 6) is -0.648. The van der Waals surface area contributed by atoms with Gasteiger partial charge in [0, 0.05) is 42.3 Å². The molecule has 11 nitrogen and oxygen atoms in total. The monoisotopic (exact) mass is 721 g/mol. The number of hydrogen-bond donors (Lipinski definition) is 2. The molecule has 2 aromatic carbocycles. The van der Waals surface area contributed by atoms with Gasteiger partial charge in [-0.1, -0.05) is 36.7 Å². The number of carbonyl (C=O) groups is 2. The number of nitrogens with one attached hydrogen (secondary N) is 1. The summed E-state index contributed by atoms with van der Waals surface area (Å²) in [5, 5.41) is 16.2. The molecule has 2 amide bonds. The van der Waals surface area contributed by atoms with Crippen LogP contribution in [0.15, 0.2) is 59.1 Å². The summed E-state index contributed by atoms with van der Waals surface area (Å²) in [5.41, 5.74) is 3.26. The number of aliphatic hydroxyl groups excluding tert-OH is 1. The number of benzene rings is 2. The van der Waals surface area contributed by atoms with Gasteiger partial charge in [0.15, 0.2) is 0 Å². The van der Waals surface area contributed by atoms with Gasteiger partial charge in [0.2, 0.25) is 5.88 Å². The Bertz CT molecular complexity index is 1970. The molecule has 1 aromatic heterocycles. The number of carbonyl (C=O) groups excluding carboxylic acids is 2. The van der Waals surface area contributed by atoms with E-state index < -0.39 is 27.8 Å². The van der Waals surface area contributed by atoms with E-state index in [0.29, 0.717) is 31.9 Å². The molecule has 13 heteroatoms. The Hall–Kier alpha value is -3.87. The van der Waals surface area contributed by atoms with Crippen LogP contribution in [-0.2, 0) is 28.8 Å². The molecule has 1 spiro atoms. The van der Waals surface area contributed by atoms with Crippen molar-refractivity contribution in [2.75, 3.05) is 37.5 Å². The van der Waals surface area contributed by atoms with Crippen LogP contribution in [0.5, 0.6) is 11.6 Å². The first-order chi connectivity index (χ1) is 24.0. The minimum Gasteiger partial charge on any atom is -0.490 e. The summed E-state index contributed by atoms with van der Waals surface area (Å²) in [6.07, 6.45) is 9.87. The molecule has 50 heavy (non-hydrogen) atoms. The van der Waals surface area contributed by atoms with Crippen LogP contribution in [-0.4, -0.2) is 69.6 Å². The van der Waals surface area contributed by atoms with Crippen LogP contribution in [0.4, 0.5) is 5.69 Å². The second-order valence-corrected chi connectivity index (χ2v) is 16.8. The smallest absolute Gasteiger partial charge is 0.286 e. The van der Waals surface area contributed by atoms with Crippen LogP contribution in [0.1, 0.15) is 70.9 Å². The van der Waals surface area contributed by atoms with E-state index in [1.807, 2.05) is 25.1 Å². The van der Waals surface area contributed by atoms with Gasteiger partial charge in [-0.05, 0) is 97.7 Å². The van der Waals surface area contributed by atoms with E-state index in [-0.39, 0.29) is 45.9 Å². The topological polar surface area (TPSA) is 135 Å². The molecule has 1 fully saturated rings. The van der Waals surface area contributed by atoms with Crippen LogP contribution < -0.4 is 19.1 Å². The molecular formula is C37H44ClN5O6S. The van der Waals surface area contributed by atoms with Crippen LogP contribution in [0.2, 0.25) is 5.02 Å². The molecule has 2 bridgehead atoms. The summed E-state index contributed by atoms with van der Waals surface area (Å²) in [4.78, 5) is 29.7. The van der Waals surface area contributed by atoms with Crippen molar-refractivity contribution < 1.29 is 28.4 Å². The molecule has 0 unspecified atom stereocenters. The van der Waals surface area contributed by atoms with E-state index in [1.165, 1.54) is 29.1 Å². The standard InChI is InChI=1S/C37H44ClN5O6S/c1-23-6-4-8-32(44)28-12-9-26(28)18-43-21-37(15-5-7-24-16-27(38)11-13-30(24)37)22-49-33-14-10-25(17-31(33)43)34(45)40-50(47,20-23)41-35(46)29-19-42(2)39-36(29)48-3/h4,8,10-11,13-14,16-17,19,23,26,28,32,44H,5-7,9,12,15,18,20-22H2,1-3H3,(H,40,41,45,46,47)/b8-4+/t23-,26-,28+,32+,37-,50-/m0/s1. The van der Waals surface area contributed by atoms with Gasteiger partial charge in [-0.2, -0.15) is 0 Å². The molecule has 1 saturated carbocycles. The van der Waals surface area contributed by atoms with Gasteiger partial charge >= 0.3 is 0 Å². The number of aliphatic hydroxyl groups is 1. The molecule has 4 aliphatic rings. The fourth-order valence-electron chi connectivity index (χ4n) is 8.11. The van der Waals surface area contributed by atoms with Crippen LogP contribution in [0.3, 0.4) is 0 Å². The normalized spacial score (nSPS) is 30.1. The largest absolute Gasteiger partial charge is 0.490 e. The minimum absolute atomic E-state index is 0.0686. The van der Waals surface area contributed by atoms with E-state index in [1.54, 1.807) is 25.2 Å². The second kappa shape index (κ2) is 13.7. The molecule has 6 atom stereocenters. The van der Waals surface area contributed by atoms with Crippen molar-refractivity contribution in [3.05, 3.63) is 82.0 Å². The molecule has 3 aromatic rings. The molecule has 266 valence electrons. The molecule has 2 aliphatic carbocycles. The van der Waals surface area contributed by atoms with Crippen LogP contribution in [0.25, 0.3) is 0 Å². The minimum atomic E-state index is -3.62. The van der Waals surface area contributed by atoms with Gasteiger partial charge in [0.05, 0.1) is 31.3 Å². The Kier molecular flexibility index (Phi) is 9.46. The maximum Gasteiger partial charge on any atom is 0.286 e. The summed E-state index contributed by atoms with van der Waals surface area (Å²) in [6.45, 7) is 3.70. The zero-order chi connectivity index (χ0) is 35.2. The lowest BCUT2D eigenvalue weighted by Gasteiger charge is -2.45. The van der Waals surface area contributed by atoms with E-state index in [2.05, 4.69) is 31.2 Å². The Morgan fingerprint density at radius 2 is 2.06 bits per heavy atom. The van der Waals surface area contributed by atoms with E-state index >= 15 is 0 Å². The van der Waals surface area contributed by atoms with E-state index in [0.717, 1.165) is 42.8 Å². The summed E-state index contributed by atoms with van der Waals surface area (Å²) < 4.78 is 34.5. The van der Waals surface area contributed by atoms with Crippen molar-refractivity contribution in [3.63, 3.8) is 0 Å². The van der Waals surface area contributed by atoms with Gasteiger partial charge in [0.1, 0.15) is 21.2 Å². The van der Waals surface area contributed by atoms with Gasteiger partial charge in [-0.25, -0.2) is 4.21 Å². The first-order valence-corrected chi connectivity index (χ1v) is 19.4. The number of aromatic nitrogens is 2. The lowest BCUT2D eigenvalue weighted by molar-refractivity contribution is 0.0456. The molecule has 2 aliphatic heterocycles. The van der Waals surface area contributed by atoms with E-state index in [4.69, 9.17) is 21.1 Å². The zero-order valence-corrected chi connectivity index (χ0v) is 30.2. The van der Waals surface area contributed by atoms with Gasteiger partial charge < -0.3 is 19.5 Å². The number of amides is 2. The number of methoxy groups -OCH3 is 1. The summed E-state index contributed by atoms with van der Waals surface area (Å²) >= 11 is 6.43. The predicted molar refractivity (Wildman–Crippen MR) is 192 cm³/mol. The number of hydrogen-bond acceptors (Lipinski definition) is 8. The van der Waals surface area contributed by atoms with E-state index in [9.17, 15) is 18.9 Å². The second-order valence-electron chi connectivity index (χ2n) is 14.4. The summed E-state index contributed by atoms with van der Waals surface area (Å²) in [7, 11) is -0.584. The quantitative estimate of drug-likeness (QED) is 0.339. The third-order valence-corrected chi connectivity index (χ3v) is 13.0. The lowest BCUT2D eigenvalue weighted by atomic mass is 9.68. The summed E-state index contributed by atoms with van der Waals surface area (Å²) in [6, 6.07) is 11.4. The van der Waals surface area contributed by atoms with Crippen LogP contribution in [0, 0.1) is 17.8 Å².